The van der Waals surface area contributed by atoms with Crippen molar-refractivity contribution in [1.29, 1.82) is 0 Å². The first-order valence-electron chi connectivity index (χ1n) is 4.44. The van der Waals surface area contributed by atoms with Crippen LogP contribution in [0, 0.1) is 0 Å². The number of hydrogen-bond donors (Lipinski definition) is 4. The summed E-state index contributed by atoms with van der Waals surface area (Å²) in [4.78, 5) is 20.6. The van der Waals surface area contributed by atoms with Crippen molar-refractivity contribution in [2.75, 3.05) is 13.1 Å². The van der Waals surface area contributed by atoms with Crippen LogP contribution in [-0.4, -0.2) is 36.1 Å². The standard InChI is InChI=1S/C5H11N3O3.C3H8/c6-1-3(7)5(11)8-2-4(9)10;1-3-2/h3H,1-2,6-7H2,(H,8,11)(H,9,10);3H2,1-2H3. The molecule has 0 spiro atoms. The minimum atomic E-state index is -1.11. The summed E-state index contributed by atoms with van der Waals surface area (Å²) in [6, 6.07) is -0.825. The molecule has 0 aliphatic heterocycles. The lowest BCUT2D eigenvalue weighted by atomic mass is 10.3. The van der Waals surface area contributed by atoms with Gasteiger partial charge in [0.25, 0.3) is 0 Å². The Balaban J connectivity index is 0. The van der Waals surface area contributed by atoms with Gasteiger partial charge in [-0.1, -0.05) is 20.3 Å². The van der Waals surface area contributed by atoms with Gasteiger partial charge in [-0.2, -0.15) is 0 Å². The van der Waals surface area contributed by atoms with E-state index >= 15 is 0 Å². The zero-order valence-electron chi connectivity index (χ0n) is 8.62. The second-order valence-electron chi connectivity index (χ2n) is 2.66. The van der Waals surface area contributed by atoms with Gasteiger partial charge in [0.2, 0.25) is 5.91 Å². The molecule has 0 aliphatic carbocycles. The predicted molar refractivity (Wildman–Crippen MR) is 53.6 cm³/mol. The number of carbonyl (C=O) groups is 2. The third-order valence-electron chi connectivity index (χ3n) is 1.00. The second kappa shape index (κ2) is 9.94. The average Bonchev–Trinajstić information content (AvgIpc) is 2.14. The van der Waals surface area contributed by atoms with Gasteiger partial charge in [-0.25, -0.2) is 0 Å². The topological polar surface area (TPSA) is 118 Å². The monoisotopic (exact) mass is 205 g/mol. The average molecular weight is 205 g/mol. The predicted octanol–water partition coefficient (Wildman–Crippen LogP) is -1.11. The molecule has 6 N–H and O–H groups in total. The third kappa shape index (κ3) is 10.9. The molecular weight excluding hydrogens is 186 g/mol. The SMILES string of the molecule is CCC.NCC(N)C(=O)NCC(=O)O. The molecular formula is C8H19N3O3. The number of carboxylic acids is 1. The fourth-order valence-corrected chi connectivity index (χ4v) is 0.401. The molecule has 14 heavy (non-hydrogen) atoms. The Hall–Kier alpha value is -1.14. The first-order valence-corrected chi connectivity index (χ1v) is 4.44. The Morgan fingerprint density at radius 1 is 1.43 bits per heavy atom. The summed E-state index contributed by atoms with van der Waals surface area (Å²) >= 11 is 0. The molecule has 0 aromatic carbocycles. The molecule has 1 atom stereocenters. The summed E-state index contributed by atoms with van der Waals surface area (Å²) in [5.74, 6) is -1.66. The van der Waals surface area contributed by atoms with E-state index in [4.69, 9.17) is 16.6 Å². The van der Waals surface area contributed by atoms with Crippen LogP contribution in [0.5, 0.6) is 0 Å². The Bertz CT molecular complexity index is 173. The molecule has 6 heteroatoms. The normalized spacial score (nSPS) is 10.9. The van der Waals surface area contributed by atoms with Crippen molar-refractivity contribution in [3.8, 4) is 0 Å². The number of rotatable bonds is 4. The minimum Gasteiger partial charge on any atom is -0.480 e. The van der Waals surface area contributed by atoms with E-state index in [-0.39, 0.29) is 6.54 Å². The molecule has 84 valence electrons. The van der Waals surface area contributed by atoms with Crippen LogP contribution in [0.1, 0.15) is 20.3 Å². The maximum absolute atomic E-state index is 10.7. The van der Waals surface area contributed by atoms with Crippen molar-refractivity contribution in [3.05, 3.63) is 0 Å². The number of amides is 1. The van der Waals surface area contributed by atoms with Gasteiger partial charge in [-0.3, -0.25) is 9.59 Å². The molecule has 0 radical (unpaired) electrons. The van der Waals surface area contributed by atoms with E-state index in [1.54, 1.807) is 0 Å². The highest BCUT2D eigenvalue weighted by Gasteiger charge is 2.10. The highest BCUT2D eigenvalue weighted by Crippen LogP contribution is 1.73. The molecule has 0 aromatic heterocycles. The molecule has 0 aliphatic rings. The van der Waals surface area contributed by atoms with Gasteiger partial charge in [0.15, 0.2) is 0 Å². The van der Waals surface area contributed by atoms with E-state index in [1.165, 1.54) is 6.42 Å². The maximum Gasteiger partial charge on any atom is 0.322 e. The van der Waals surface area contributed by atoms with Crippen molar-refractivity contribution >= 4 is 11.9 Å². The van der Waals surface area contributed by atoms with E-state index < -0.39 is 24.5 Å². The molecule has 0 aromatic rings. The van der Waals surface area contributed by atoms with Crippen LogP contribution < -0.4 is 16.8 Å². The Kier molecular flexibility index (Phi) is 10.9. The van der Waals surface area contributed by atoms with E-state index in [1.807, 2.05) is 0 Å². The van der Waals surface area contributed by atoms with Crippen LogP contribution in [0.15, 0.2) is 0 Å². The molecule has 0 fully saturated rings. The molecule has 0 heterocycles. The molecule has 0 saturated carbocycles. The Labute approximate surface area is 83.6 Å². The number of nitrogens with two attached hydrogens (primary N) is 2. The molecule has 1 amide bonds. The van der Waals surface area contributed by atoms with E-state index in [9.17, 15) is 9.59 Å². The van der Waals surface area contributed by atoms with E-state index in [2.05, 4.69) is 19.2 Å². The number of carboxylic acid groups (broad SMARTS) is 1. The lowest BCUT2D eigenvalue weighted by Crippen LogP contribution is -2.46. The summed E-state index contributed by atoms with van der Waals surface area (Å²) in [7, 11) is 0. The number of aliphatic carboxylic acids is 1. The Morgan fingerprint density at radius 2 is 1.86 bits per heavy atom. The van der Waals surface area contributed by atoms with Crippen molar-refractivity contribution in [3.63, 3.8) is 0 Å². The van der Waals surface area contributed by atoms with Gasteiger partial charge < -0.3 is 21.9 Å². The first-order chi connectivity index (χ1) is 6.49. The van der Waals surface area contributed by atoms with Gasteiger partial charge in [-0.05, 0) is 0 Å². The summed E-state index contributed by atoms with van der Waals surface area (Å²) in [5, 5.41) is 10.2. The van der Waals surface area contributed by atoms with Crippen LogP contribution in [0.25, 0.3) is 0 Å². The highest BCUT2D eigenvalue weighted by molar-refractivity contribution is 5.85. The lowest BCUT2D eigenvalue weighted by Gasteiger charge is -2.06. The minimum absolute atomic E-state index is 0.00541. The van der Waals surface area contributed by atoms with Gasteiger partial charge in [0.1, 0.15) is 6.54 Å². The van der Waals surface area contributed by atoms with Crippen LogP contribution >= 0.6 is 0 Å². The second-order valence-corrected chi connectivity index (χ2v) is 2.66. The molecule has 0 bridgehead atoms. The smallest absolute Gasteiger partial charge is 0.322 e. The third-order valence-corrected chi connectivity index (χ3v) is 1.00. The summed E-state index contributed by atoms with van der Waals surface area (Å²) in [6.45, 7) is 3.83. The number of nitrogens with one attached hydrogen (secondary N) is 1. The largest absolute Gasteiger partial charge is 0.480 e. The van der Waals surface area contributed by atoms with Gasteiger partial charge in [-0.15, -0.1) is 0 Å². The Morgan fingerprint density at radius 3 is 2.14 bits per heavy atom. The van der Waals surface area contributed by atoms with Crippen molar-refractivity contribution in [2.24, 2.45) is 11.5 Å². The fraction of sp³-hybridized carbons (Fsp3) is 0.750. The summed E-state index contributed by atoms with van der Waals surface area (Å²) < 4.78 is 0. The van der Waals surface area contributed by atoms with Crippen LogP contribution in [0.3, 0.4) is 0 Å². The van der Waals surface area contributed by atoms with E-state index in [0.717, 1.165) is 0 Å². The van der Waals surface area contributed by atoms with E-state index in [0.29, 0.717) is 0 Å². The summed E-state index contributed by atoms with van der Waals surface area (Å²) in [5.41, 5.74) is 10.2. The van der Waals surface area contributed by atoms with Crippen molar-refractivity contribution in [1.82, 2.24) is 5.32 Å². The summed E-state index contributed by atoms with van der Waals surface area (Å²) in [6.07, 6.45) is 1.25. The van der Waals surface area contributed by atoms with Crippen LogP contribution in [0.2, 0.25) is 0 Å². The molecule has 6 nitrogen and oxygen atoms in total. The zero-order chi connectivity index (χ0) is 11.6. The first kappa shape index (κ1) is 15.3. The molecule has 0 rings (SSSR count). The van der Waals surface area contributed by atoms with Crippen molar-refractivity contribution in [2.45, 2.75) is 26.3 Å². The lowest BCUT2D eigenvalue weighted by molar-refractivity contribution is -0.138. The maximum atomic E-state index is 10.7. The molecule has 0 saturated heterocycles. The van der Waals surface area contributed by atoms with Gasteiger partial charge in [0.05, 0.1) is 6.04 Å². The zero-order valence-corrected chi connectivity index (χ0v) is 8.62. The quantitative estimate of drug-likeness (QED) is 0.464. The van der Waals surface area contributed by atoms with Crippen molar-refractivity contribution < 1.29 is 14.7 Å². The van der Waals surface area contributed by atoms with Gasteiger partial charge >= 0.3 is 5.97 Å². The van der Waals surface area contributed by atoms with Gasteiger partial charge in [0, 0.05) is 6.54 Å². The number of hydrogen-bond acceptors (Lipinski definition) is 4. The number of carbonyl (C=O) groups excluding carboxylic acids is 1. The highest BCUT2D eigenvalue weighted by atomic mass is 16.4. The molecule has 1 unspecified atom stereocenters. The van der Waals surface area contributed by atoms with Crippen LogP contribution in [0.4, 0.5) is 0 Å². The fourth-order valence-electron chi connectivity index (χ4n) is 0.401. The van der Waals surface area contributed by atoms with Crippen LogP contribution in [-0.2, 0) is 9.59 Å².